The number of hydrogen-bond acceptors (Lipinski definition) is 3. The molecule has 130 valence electrons. The molecule has 0 aromatic carbocycles. The zero-order valence-electron chi connectivity index (χ0n) is 15.2. The van der Waals surface area contributed by atoms with Gasteiger partial charge in [0.2, 0.25) is 5.96 Å². The summed E-state index contributed by atoms with van der Waals surface area (Å²) in [6.45, 7) is 2.24. The summed E-state index contributed by atoms with van der Waals surface area (Å²) in [5, 5.41) is 3.90. The molecule has 0 aromatic rings. The van der Waals surface area contributed by atoms with Crippen LogP contribution in [0, 0.1) is 0 Å². The number of hydrogen-bond donors (Lipinski definition) is 0. The molecule has 22 heavy (non-hydrogen) atoms. The molecule has 0 rings (SSSR count). The van der Waals surface area contributed by atoms with E-state index in [2.05, 4.69) is 12.1 Å². The summed E-state index contributed by atoms with van der Waals surface area (Å²) in [5.74, 6) is 0.379. The number of rotatable bonds is 11. The van der Waals surface area contributed by atoms with Gasteiger partial charge in [-0.3, -0.25) is 0 Å². The second-order valence-corrected chi connectivity index (χ2v) is 6.22. The maximum atomic E-state index is 11.6. The van der Waals surface area contributed by atoms with Crippen LogP contribution in [0.15, 0.2) is 5.16 Å². The maximum absolute atomic E-state index is 11.6. The summed E-state index contributed by atoms with van der Waals surface area (Å²) in [7, 11) is 7.47. The van der Waals surface area contributed by atoms with Crippen molar-refractivity contribution in [2.24, 2.45) is 5.16 Å². The highest BCUT2D eigenvalue weighted by Crippen LogP contribution is 2.10. The number of carbonyl (C=O) groups is 1. The van der Waals surface area contributed by atoms with E-state index in [9.17, 15) is 4.79 Å². The van der Waals surface area contributed by atoms with E-state index < -0.39 is 0 Å². The predicted molar refractivity (Wildman–Crippen MR) is 92.7 cm³/mol. The summed E-state index contributed by atoms with van der Waals surface area (Å²) in [6, 6.07) is 0. The molecule has 0 N–H and O–H groups in total. The lowest BCUT2D eigenvalue weighted by Crippen LogP contribution is -2.35. The minimum absolute atomic E-state index is 0.246. The molecule has 0 unspecified atom stereocenters. The maximum Gasteiger partial charge on any atom is 0.335 e. The molecule has 0 aromatic heterocycles. The monoisotopic (exact) mass is 313 g/mol. The fourth-order valence-electron chi connectivity index (χ4n) is 2.28. The van der Waals surface area contributed by atoms with Crippen molar-refractivity contribution in [1.29, 1.82) is 0 Å². The molecule has 0 bridgehead atoms. The van der Waals surface area contributed by atoms with E-state index in [0.29, 0.717) is 12.4 Å². The smallest absolute Gasteiger partial charge is 0.335 e. The molecule has 5 heteroatoms. The first kappa shape index (κ1) is 20.7. The van der Waals surface area contributed by atoms with E-state index in [0.717, 1.165) is 12.8 Å². The lowest BCUT2D eigenvalue weighted by Gasteiger charge is -2.21. The Balaban J connectivity index is 3.63. The lowest BCUT2D eigenvalue weighted by molar-refractivity contribution is -0.144. The molecule has 0 spiro atoms. The summed E-state index contributed by atoms with van der Waals surface area (Å²) in [5.41, 5.74) is 0. The highest BCUT2D eigenvalue weighted by atomic mass is 16.7. The van der Waals surface area contributed by atoms with Crippen LogP contribution in [0.4, 0.5) is 0 Å². The van der Waals surface area contributed by atoms with E-state index in [4.69, 9.17) is 4.84 Å². The molecule has 0 heterocycles. The van der Waals surface area contributed by atoms with Gasteiger partial charge in [-0.25, -0.2) is 4.79 Å². The molecule has 5 nitrogen and oxygen atoms in total. The molecule has 0 fully saturated rings. The van der Waals surface area contributed by atoms with Gasteiger partial charge in [-0.05, 0) is 11.6 Å². The lowest BCUT2D eigenvalue weighted by atomic mass is 10.1. The number of unbranched alkanes of at least 4 members (excludes halogenated alkanes) is 8. The molecule has 0 aliphatic carbocycles. The van der Waals surface area contributed by atoms with Crippen LogP contribution < -0.4 is 0 Å². The fourth-order valence-corrected chi connectivity index (χ4v) is 2.28. The van der Waals surface area contributed by atoms with Gasteiger partial charge in [0.1, 0.15) is 0 Å². The highest BCUT2D eigenvalue weighted by Gasteiger charge is 2.08. The van der Waals surface area contributed by atoms with Crippen molar-refractivity contribution in [1.82, 2.24) is 9.80 Å². The quantitative estimate of drug-likeness (QED) is 0.191. The average Bonchev–Trinajstić information content (AvgIpc) is 2.45. The van der Waals surface area contributed by atoms with Crippen LogP contribution in [0.2, 0.25) is 0 Å². The number of oxime groups is 1. The summed E-state index contributed by atoms with van der Waals surface area (Å²) >= 11 is 0. The van der Waals surface area contributed by atoms with Crippen molar-refractivity contribution in [3.63, 3.8) is 0 Å². The molecule has 0 atom stereocenters. The van der Waals surface area contributed by atoms with Crippen molar-refractivity contribution < 1.29 is 9.63 Å². The normalized spacial score (nSPS) is 10.2. The van der Waals surface area contributed by atoms with Crippen molar-refractivity contribution in [3.8, 4) is 0 Å². The highest BCUT2D eigenvalue weighted by molar-refractivity contribution is 5.79. The predicted octanol–water partition coefficient (Wildman–Crippen LogP) is 3.84. The number of guanidine groups is 1. The fraction of sp³-hybridized carbons (Fsp3) is 0.882. The standard InChI is InChI=1S/C17H35N3O2/c1-6-7-8-9-10-11-12-13-14-15-16(21)22-18-17(19(2)3)20(4)5/h6-15H2,1-5H3. The van der Waals surface area contributed by atoms with Gasteiger partial charge in [-0.1, -0.05) is 58.3 Å². The molecule has 0 aliphatic heterocycles. The third-order valence-corrected chi connectivity index (χ3v) is 3.51. The van der Waals surface area contributed by atoms with E-state index in [-0.39, 0.29) is 5.97 Å². The Bertz CT molecular complexity index is 305. The first-order valence-corrected chi connectivity index (χ1v) is 8.61. The van der Waals surface area contributed by atoms with Gasteiger partial charge in [0.15, 0.2) is 0 Å². The third-order valence-electron chi connectivity index (χ3n) is 3.51. The Hall–Kier alpha value is -1.26. The van der Waals surface area contributed by atoms with Crippen molar-refractivity contribution >= 4 is 11.9 Å². The van der Waals surface area contributed by atoms with Crippen molar-refractivity contribution in [2.75, 3.05) is 28.2 Å². The molecule has 0 amide bonds. The van der Waals surface area contributed by atoms with Crippen LogP contribution in [0.1, 0.15) is 71.1 Å². The van der Waals surface area contributed by atoms with E-state index in [1.54, 1.807) is 0 Å². The Kier molecular flexibility index (Phi) is 12.6. The summed E-state index contributed by atoms with van der Waals surface area (Å²) in [6.07, 6.45) is 11.6. The van der Waals surface area contributed by atoms with Crippen LogP contribution in [0.3, 0.4) is 0 Å². The Morgan fingerprint density at radius 3 is 1.73 bits per heavy atom. The van der Waals surface area contributed by atoms with Gasteiger partial charge in [0, 0.05) is 34.6 Å². The van der Waals surface area contributed by atoms with Crippen LogP contribution in [-0.2, 0) is 9.63 Å². The van der Waals surface area contributed by atoms with Crippen molar-refractivity contribution in [2.45, 2.75) is 71.1 Å². The van der Waals surface area contributed by atoms with Gasteiger partial charge < -0.3 is 14.6 Å². The minimum atomic E-state index is -0.246. The summed E-state index contributed by atoms with van der Waals surface area (Å²) < 4.78 is 0. The summed E-state index contributed by atoms with van der Waals surface area (Å²) in [4.78, 5) is 20.2. The zero-order chi connectivity index (χ0) is 16.8. The van der Waals surface area contributed by atoms with Crippen LogP contribution in [-0.4, -0.2) is 49.9 Å². The molecular weight excluding hydrogens is 278 g/mol. The largest absolute Gasteiger partial charge is 0.346 e. The molecular formula is C17H35N3O2. The zero-order valence-corrected chi connectivity index (χ0v) is 15.2. The third kappa shape index (κ3) is 11.4. The second-order valence-electron chi connectivity index (χ2n) is 6.22. The molecule has 0 radical (unpaired) electrons. The van der Waals surface area contributed by atoms with Crippen molar-refractivity contribution in [3.05, 3.63) is 0 Å². The van der Waals surface area contributed by atoms with Crippen LogP contribution >= 0.6 is 0 Å². The van der Waals surface area contributed by atoms with E-state index in [1.165, 1.54) is 44.9 Å². The Labute approximate surface area is 136 Å². The SMILES string of the molecule is CCCCCCCCCCCC(=O)ON=C(N(C)C)N(C)C. The number of carbonyl (C=O) groups excluding carboxylic acids is 1. The topological polar surface area (TPSA) is 45.1 Å². The minimum Gasteiger partial charge on any atom is -0.346 e. The van der Waals surface area contributed by atoms with Crippen LogP contribution in [0.5, 0.6) is 0 Å². The molecule has 0 saturated heterocycles. The molecule has 0 aliphatic rings. The average molecular weight is 313 g/mol. The van der Waals surface area contributed by atoms with Gasteiger partial charge >= 0.3 is 5.97 Å². The Morgan fingerprint density at radius 1 is 0.818 bits per heavy atom. The number of nitrogens with zero attached hydrogens (tertiary/aromatic N) is 3. The first-order valence-electron chi connectivity index (χ1n) is 8.61. The Morgan fingerprint density at radius 2 is 1.27 bits per heavy atom. The van der Waals surface area contributed by atoms with E-state index in [1.807, 2.05) is 38.0 Å². The van der Waals surface area contributed by atoms with Gasteiger partial charge in [-0.15, -0.1) is 0 Å². The first-order chi connectivity index (χ1) is 10.5. The molecule has 0 saturated carbocycles. The second kappa shape index (κ2) is 13.4. The van der Waals surface area contributed by atoms with E-state index >= 15 is 0 Å². The van der Waals surface area contributed by atoms with Crippen LogP contribution in [0.25, 0.3) is 0 Å². The van der Waals surface area contributed by atoms with Gasteiger partial charge in [0.25, 0.3) is 0 Å². The van der Waals surface area contributed by atoms with Gasteiger partial charge in [0.05, 0.1) is 0 Å². The van der Waals surface area contributed by atoms with Gasteiger partial charge in [-0.2, -0.15) is 0 Å².